The standard InChI is InChI=1S/C11H10NO2/c1-2-14-11(13)10-7-8-5-3-4-6-9(8)12-10/h3,5-7,12H,2H2,1H3. The van der Waals surface area contributed by atoms with Crippen LogP contribution < -0.4 is 0 Å². The van der Waals surface area contributed by atoms with E-state index in [1.165, 1.54) is 0 Å². The molecule has 2 rings (SSSR count). The van der Waals surface area contributed by atoms with Crippen LogP contribution in [-0.4, -0.2) is 17.6 Å². The highest BCUT2D eigenvalue weighted by molar-refractivity contribution is 5.94. The quantitative estimate of drug-likeness (QED) is 0.733. The molecule has 14 heavy (non-hydrogen) atoms. The first-order chi connectivity index (χ1) is 6.81. The second-order valence-corrected chi connectivity index (χ2v) is 2.92. The number of benzene rings is 1. The summed E-state index contributed by atoms with van der Waals surface area (Å²) in [7, 11) is 0. The predicted octanol–water partition coefficient (Wildman–Crippen LogP) is 2.14. The van der Waals surface area contributed by atoms with Gasteiger partial charge in [0.2, 0.25) is 0 Å². The van der Waals surface area contributed by atoms with Crippen molar-refractivity contribution in [2.45, 2.75) is 6.92 Å². The highest BCUT2D eigenvalue weighted by atomic mass is 16.5. The monoisotopic (exact) mass is 188 g/mol. The number of hydrogen-bond donors (Lipinski definition) is 1. The Bertz CT molecular complexity index is 426. The Hall–Kier alpha value is -1.77. The Morgan fingerprint density at radius 2 is 2.50 bits per heavy atom. The zero-order chi connectivity index (χ0) is 9.97. The SMILES string of the molecule is CCOC(=O)c1cc2cc[c]cc2[nH]1. The first kappa shape index (κ1) is 8.81. The summed E-state index contributed by atoms with van der Waals surface area (Å²) in [5.41, 5.74) is 1.39. The molecule has 1 aromatic carbocycles. The molecule has 1 heterocycles. The summed E-state index contributed by atoms with van der Waals surface area (Å²) in [6.45, 7) is 2.18. The summed E-state index contributed by atoms with van der Waals surface area (Å²) < 4.78 is 4.88. The molecule has 2 aromatic rings. The molecule has 0 aliphatic carbocycles. The number of esters is 1. The Morgan fingerprint density at radius 1 is 1.64 bits per heavy atom. The fourth-order valence-electron chi connectivity index (χ4n) is 1.33. The normalized spacial score (nSPS) is 10.4. The lowest BCUT2D eigenvalue weighted by atomic mass is 10.2. The van der Waals surface area contributed by atoms with Crippen LogP contribution in [0.3, 0.4) is 0 Å². The van der Waals surface area contributed by atoms with Gasteiger partial charge in [0.05, 0.1) is 6.61 Å². The molecule has 0 fully saturated rings. The molecule has 0 spiro atoms. The minimum absolute atomic E-state index is 0.316. The van der Waals surface area contributed by atoms with Gasteiger partial charge in [-0.25, -0.2) is 4.79 Å². The third-order valence-electron chi connectivity index (χ3n) is 1.96. The zero-order valence-corrected chi connectivity index (χ0v) is 7.83. The molecule has 0 aliphatic rings. The van der Waals surface area contributed by atoms with Crippen LogP contribution in [0, 0.1) is 6.07 Å². The number of hydrogen-bond acceptors (Lipinski definition) is 2. The van der Waals surface area contributed by atoms with Crippen LogP contribution >= 0.6 is 0 Å². The van der Waals surface area contributed by atoms with Gasteiger partial charge in [0.25, 0.3) is 0 Å². The predicted molar refractivity (Wildman–Crippen MR) is 53.1 cm³/mol. The minimum atomic E-state index is -0.316. The van der Waals surface area contributed by atoms with Crippen LogP contribution in [-0.2, 0) is 4.74 Å². The van der Waals surface area contributed by atoms with E-state index in [0.29, 0.717) is 12.3 Å². The van der Waals surface area contributed by atoms with Gasteiger partial charge in [-0.15, -0.1) is 0 Å². The zero-order valence-electron chi connectivity index (χ0n) is 7.83. The Balaban J connectivity index is 2.40. The molecule has 1 aromatic heterocycles. The van der Waals surface area contributed by atoms with Gasteiger partial charge in [0.15, 0.2) is 0 Å². The molecule has 0 unspecified atom stereocenters. The number of fused-ring (bicyclic) bond motifs is 1. The number of rotatable bonds is 2. The molecular weight excluding hydrogens is 178 g/mol. The number of H-pyrrole nitrogens is 1. The summed E-state index contributed by atoms with van der Waals surface area (Å²) >= 11 is 0. The summed E-state index contributed by atoms with van der Waals surface area (Å²) in [5.74, 6) is -0.316. The molecular formula is C11H10NO2. The third kappa shape index (κ3) is 1.48. The van der Waals surface area contributed by atoms with Crippen LogP contribution in [0.25, 0.3) is 10.9 Å². The van der Waals surface area contributed by atoms with E-state index in [1.807, 2.05) is 12.1 Å². The van der Waals surface area contributed by atoms with Crippen molar-refractivity contribution < 1.29 is 9.53 Å². The van der Waals surface area contributed by atoms with Crippen molar-refractivity contribution in [3.63, 3.8) is 0 Å². The van der Waals surface area contributed by atoms with Crippen LogP contribution in [0.15, 0.2) is 24.3 Å². The van der Waals surface area contributed by atoms with Crippen molar-refractivity contribution in [2.75, 3.05) is 6.61 Å². The fourth-order valence-corrected chi connectivity index (χ4v) is 1.33. The van der Waals surface area contributed by atoms with E-state index in [1.54, 1.807) is 19.1 Å². The van der Waals surface area contributed by atoms with E-state index < -0.39 is 0 Å². The van der Waals surface area contributed by atoms with Crippen molar-refractivity contribution in [3.05, 3.63) is 36.0 Å². The molecule has 1 N–H and O–H groups in total. The average molecular weight is 188 g/mol. The van der Waals surface area contributed by atoms with E-state index in [-0.39, 0.29) is 5.97 Å². The van der Waals surface area contributed by atoms with Crippen LogP contribution in [0.5, 0.6) is 0 Å². The molecule has 3 nitrogen and oxygen atoms in total. The number of carbonyl (C=O) groups excluding carboxylic acids is 1. The maximum Gasteiger partial charge on any atom is 0.354 e. The number of aromatic nitrogens is 1. The summed E-state index contributed by atoms with van der Waals surface area (Å²) in [4.78, 5) is 14.3. The Labute approximate surface area is 81.7 Å². The van der Waals surface area contributed by atoms with Crippen LogP contribution in [0.4, 0.5) is 0 Å². The molecule has 3 heteroatoms. The van der Waals surface area contributed by atoms with E-state index >= 15 is 0 Å². The lowest BCUT2D eigenvalue weighted by Crippen LogP contribution is -2.04. The molecule has 0 amide bonds. The van der Waals surface area contributed by atoms with Crippen molar-refractivity contribution in [1.82, 2.24) is 4.98 Å². The number of carbonyl (C=O) groups is 1. The van der Waals surface area contributed by atoms with Gasteiger partial charge >= 0.3 is 5.97 Å². The first-order valence-electron chi connectivity index (χ1n) is 4.47. The average Bonchev–Trinajstić information content (AvgIpc) is 2.61. The van der Waals surface area contributed by atoms with Crippen molar-refractivity contribution in [2.24, 2.45) is 0 Å². The molecule has 0 atom stereocenters. The number of aromatic amines is 1. The van der Waals surface area contributed by atoms with E-state index in [0.717, 1.165) is 10.9 Å². The van der Waals surface area contributed by atoms with E-state index in [9.17, 15) is 4.79 Å². The van der Waals surface area contributed by atoms with Crippen molar-refractivity contribution in [1.29, 1.82) is 0 Å². The fraction of sp³-hybridized carbons (Fsp3) is 0.182. The summed E-state index contributed by atoms with van der Waals surface area (Å²) in [6.07, 6.45) is 0. The smallest absolute Gasteiger partial charge is 0.354 e. The van der Waals surface area contributed by atoms with Gasteiger partial charge in [0.1, 0.15) is 5.69 Å². The summed E-state index contributed by atoms with van der Waals surface area (Å²) in [6, 6.07) is 10.2. The molecule has 0 bridgehead atoms. The highest BCUT2D eigenvalue weighted by Gasteiger charge is 2.08. The largest absolute Gasteiger partial charge is 0.461 e. The van der Waals surface area contributed by atoms with Gasteiger partial charge in [-0.2, -0.15) is 0 Å². The second kappa shape index (κ2) is 3.54. The number of ether oxygens (including phenoxy) is 1. The van der Waals surface area contributed by atoms with Gasteiger partial charge in [-0.05, 0) is 25.1 Å². The molecule has 71 valence electrons. The van der Waals surface area contributed by atoms with Gasteiger partial charge in [-0.3, -0.25) is 0 Å². The Morgan fingerprint density at radius 3 is 3.21 bits per heavy atom. The Kier molecular flexibility index (Phi) is 2.23. The highest BCUT2D eigenvalue weighted by Crippen LogP contribution is 2.14. The van der Waals surface area contributed by atoms with Gasteiger partial charge in [-0.1, -0.05) is 12.1 Å². The molecule has 1 radical (unpaired) electrons. The minimum Gasteiger partial charge on any atom is -0.461 e. The van der Waals surface area contributed by atoms with E-state index in [2.05, 4.69) is 11.1 Å². The third-order valence-corrected chi connectivity index (χ3v) is 1.96. The summed E-state index contributed by atoms with van der Waals surface area (Å²) in [5, 5.41) is 0.992. The van der Waals surface area contributed by atoms with Crippen LogP contribution in [0.2, 0.25) is 0 Å². The van der Waals surface area contributed by atoms with Crippen LogP contribution in [0.1, 0.15) is 17.4 Å². The first-order valence-corrected chi connectivity index (χ1v) is 4.47. The molecule has 0 saturated carbocycles. The lowest BCUT2D eigenvalue weighted by molar-refractivity contribution is 0.0520. The van der Waals surface area contributed by atoms with Gasteiger partial charge in [0, 0.05) is 10.9 Å². The number of nitrogens with one attached hydrogen (secondary N) is 1. The molecule has 0 saturated heterocycles. The lowest BCUT2D eigenvalue weighted by Gasteiger charge is -1.96. The van der Waals surface area contributed by atoms with Gasteiger partial charge < -0.3 is 9.72 Å². The maximum atomic E-state index is 11.4. The second-order valence-electron chi connectivity index (χ2n) is 2.92. The van der Waals surface area contributed by atoms with Crippen molar-refractivity contribution >= 4 is 16.9 Å². The maximum absolute atomic E-state index is 11.4. The topological polar surface area (TPSA) is 42.1 Å². The van der Waals surface area contributed by atoms with Crippen molar-refractivity contribution in [3.8, 4) is 0 Å². The van der Waals surface area contributed by atoms with E-state index in [4.69, 9.17) is 4.74 Å². The molecule has 0 aliphatic heterocycles.